The Bertz CT molecular complexity index is 903. The summed E-state index contributed by atoms with van der Waals surface area (Å²) in [6.07, 6.45) is -7.84. The van der Waals surface area contributed by atoms with E-state index in [1.54, 1.807) is 19.1 Å². The van der Waals surface area contributed by atoms with Crippen LogP contribution in [0, 0.1) is 0 Å². The van der Waals surface area contributed by atoms with Gasteiger partial charge >= 0.3 is 12.4 Å². The number of nitrogens with one attached hydrogen (secondary N) is 1. The molecule has 0 bridgehead atoms. The minimum atomic E-state index is -4.48. The van der Waals surface area contributed by atoms with Crippen molar-refractivity contribution in [3.63, 3.8) is 0 Å². The van der Waals surface area contributed by atoms with E-state index in [1.807, 2.05) is 0 Å². The van der Waals surface area contributed by atoms with Crippen molar-refractivity contribution in [3.8, 4) is 11.5 Å². The van der Waals surface area contributed by atoms with Crippen LogP contribution in [0.2, 0.25) is 0 Å². The lowest BCUT2D eigenvalue weighted by Crippen LogP contribution is -2.34. The fourth-order valence-corrected chi connectivity index (χ4v) is 2.84. The van der Waals surface area contributed by atoms with E-state index in [0.717, 1.165) is 6.20 Å². The topological polar surface area (TPSA) is 86.5 Å². The van der Waals surface area contributed by atoms with Gasteiger partial charge in [-0.1, -0.05) is 18.2 Å². The van der Waals surface area contributed by atoms with Crippen LogP contribution in [-0.2, 0) is 11.2 Å². The van der Waals surface area contributed by atoms with Crippen LogP contribution in [0.1, 0.15) is 30.6 Å². The number of ether oxygens (including phenoxy) is 2. The summed E-state index contributed by atoms with van der Waals surface area (Å²) < 4.78 is 83.2. The first-order chi connectivity index (χ1) is 15.3. The van der Waals surface area contributed by atoms with Gasteiger partial charge in [-0.05, 0) is 37.1 Å². The summed E-state index contributed by atoms with van der Waals surface area (Å²) in [5.74, 6) is -0.456. The first-order valence-corrected chi connectivity index (χ1v) is 9.80. The molecule has 1 amide bonds. The molecule has 0 saturated carbocycles. The molecule has 6 nitrogen and oxygen atoms in total. The fraction of sp³-hybridized carbons (Fsp3) is 0.429. The maximum absolute atomic E-state index is 12.4. The van der Waals surface area contributed by atoms with Gasteiger partial charge in [0.25, 0.3) is 0 Å². The molecule has 0 aliphatic carbocycles. The highest BCUT2D eigenvalue weighted by atomic mass is 19.4. The van der Waals surface area contributed by atoms with E-state index in [4.69, 9.17) is 10.5 Å². The molecule has 0 spiro atoms. The summed E-state index contributed by atoms with van der Waals surface area (Å²) in [7, 11) is 0. The van der Waals surface area contributed by atoms with Crippen molar-refractivity contribution in [2.45, 2.75) is 44.2 Å². The Morgan fingerprint density at radius 1 is 1.03 bits per heavy atom. The molecule has 3 N–H and O–H groups in total. The molecule has 1 aromatic carbocycles. The molecule has 0 aliphatic heterocycles. The molecule has 2 rings (SSSR count). The van der Waals surface area contributed by atoms with Crippen molar-refractivity contribution in [1.82, 2.24) is 10.3 Å². The van der Waals surface area contributed by atoms with Gasteiger partial charge in [0.1, 0.15) is 11.5 Å². The average molecular weight is 479 g/mol. The van der Waals surface area contributed by atoms with Gasteiger partial charge in [-0.25, -0.2) is 0 Å². The molecule has 2 aromatic rings. The normalized spacial score (nSPS) is 13.8. The molecular weight excluding hydrogens is 456 g/mol. The second-order valence-electron chi connectivity index (χ2n) is 7.29. The minimum absolute atomic E-state index is 0.0380. The van der Waals surface area contributed by atoms with Crippen LogP contribution in [0.3, 0.4) is 0 Å². The van der Waals surface area contributed by atoms with Gasteiger partial charge in [-0.15, -0.1) is 0 Å². The van der Waals surface area contributed by atoms with Crippen molar-refractivity contribution in [1.29, 1.82) is 0 Å². The number of carbonyl (C=O) groups is 1. The summed E-state index contributed by atoms with van der Waals surface area (Å²) in [5, 5.41) is 2.67. The maximum atomic E-state index is 12.4. The van der Waals surface area contributed by atoms with Gasteiger partial charge in [-0.3, -0.25) is 9.78 Å². The van der Waals surface area contributed by atoms with Crippen molar-refractivity contribution >= 4 is 5.91 Å². The number of hydrogen-bond donors (Lipinski definition) is 2. The first-order valence-electron chi connectivity index (χ1n) is 9.80. The number of halogens is 6. The highest BCUT2D eigenvalue weighted by Crippen LogP contribution is 2.24. The van der Waals surface area contributed by atoms with E-state index in [-0.39, 0.29) is 24.3 Å². The minimum Gasteiger partial charge on any atom is -0.484 e. The summed E-state index contributed by atoms with van der Waals surface area (Å²) in [6, 6.07) is 7.58. The third-order valence-corrected chi connectivity index (χ3v) is 4.28. The lowest BCUT2D eigenvalue weighted by Gasteiger charge is -2.18. The molecule has 2 atom stereocenters. The van der Waals surface area contributed by atoms with Gasteiger partial charge in [0.15, 0.2) is 13.2 Å². The average Bonchev–Trinajstić information content (AvgIpc) is 2.70. The Labute approximate surface area is 186 Å². The number of rotatable bonds is 10. The molecule has 0 saturated heterocycles. The zero-order chi connectivity index (χ0) is 24.6. The second kappa shape index (κ2) is 11.2. The van der Waals surface area contributed by atoms with E-state index < -0.39 is 43.6 Å². The molecular formula is C21H23F6N3O3. The smallest absolute Gasteiger partial charge is 0.422 e. The number of nitrogens with two attached hydrogens (primary N) is 1. The molecule has 0 fully saturated rings. The third kappa shape index (κ3) is 9.98. The zero-order valence-electron chi connectivity index (χ0n) is 17.5. The highest BCUT2D eigenvalue weighted by molar-refractivity contribution is 5.77. The van der Waals surface area contributed by atoms with E-state index in [0.29, 0.717) is 11.3 Å². The number of para-hydroxylation sites is 1. The van der Waals surface area contributed by atoms with E-state index in [1.165, 1.54) is 24.3 Å². The number of carbonyl (C=O) groups excluding carboxylic acids is 1. The van der Waals surface area contributed by atoms with Gasteiger partial charge in [-0.2, -0.15) is 26.3 Å². The molecule has 1 aromatic heterocycles. The lowest BCUT2D eigenvalue weighted by molar-refractivity contribution is -0.154. The Hall–Kier alpha value is -3.02. The van der Waals surface area contributed by atoms with Crippen molar-refractivity contribution < 1.29 is 40.6 Å². The number of benzene rings is 1. The van der Waals surface area contributed by atoms with E-state index in [9.17, 15) is 31.1 Å². The predicted molar refractivity (Wildman–Crippen MR) is 107 cm³/mol. The Kier molecular flexibility index (Phi) is 8.91. The third-order valence-electron chi connectivity index (χ3n) is 4.28. The Balaban J connectivity index is 1.87. The van der Waals surface area contributed by atoms with Gasteiger partial charge < -0.3 is 20.5 Å². The van der Waals surface area contributed by atoms with Gasteiger partial charge in [0.2, 0.25) is 5.91 Å². The SMILES string of the molecule is C[C@@H](NC(=O)C[C@H](N)Cc1ccccc1OCC(F)(F)F)c1ccc(OCC(F)(F)F)cn1. The van der Waals surface area contributed by atoms with Crippen LogP contribution >= 0.6 is 0 Å². The number of hydrogen-bond acceptors (Lipinski definition) is 5. The largest absolute Gasteiger partial charge is 0.484 e. The standard InChI is InChI=1S/C21H23F6N3O3/c1-13(17-7-6-16(10-29-17)32-11-20(22,23)24)30-19(31)9-15(28)8-14-4-2-3-5-18(14)33-12-21(25,26)27/h2-7,10,13,15H,8-9,11-12,28H2,1H3,(H,30,31)/t13-,15-/m1/s1. The van der Waals surface area contributed by atoms with Crippen molar-refractivity contribution in [2.24, 2.45) is 5.73 Å². The number of alkyl halides is 6. The summed E-state index contributed by atoms with van der Waals surface area (Å²) in [6.45, 7) is -1.25. The van der Waals surface area contributed by atoms with Crippen molar-refractivity contribution in [2.75, 3.05) is 13.2 Å². The van der Waals surface area contributed by atoms with Crippen molar-refractivity contribution in [3.05, 3.63) is 53.9 Å². The van der Waals surface area contributed by atoms with Crippen LogP contribution in [0.5, 0.6) is 11.5 Å². The predicted octanol–water partition coefficient (Wildman–Crippen LogP) is 4.10. The number of amides is 1. The fourth-order valence-electron chi connectivity index (χ4n) is 2.84. The molecule has 12 heteroatoms. The molecule has 182 valence electrons. The van der Waals surface area contributed by atoms with Crippen LogP contribution in [-0.4, -0.2) is 42.5 Å². The maximum Gasteiger partial charge on any atom is 0.422 e. The van der Waals surface area contributed by atoms with Crippen LogP contribution < -0.4 is 20.5 Å². The molecule has 1 heterocycles. The Morgan fingerprint density at radius 3 is 2.27 bits per heavy atom. The lowest BCUT2D eigenvalue weighted by atomic mass is 10.0. The summed E-state index contributed by atoms with van der Waals surface area (Å²) in [5.41, 5.74) is 6.82. The van der Waals surface area contributed by atoms with Crippen LogP contribution in [0.25, 0.3) is 0 Å². The zero-order valence-corrected chi connectivity index (χ0v) is 17.5. The number of nitrogens with zero attached hydrogens (tertiary/aromatic N) is 1. The molecule has 0 radical (unpaired) electrons. The second-order valence-corrected chi connectivity index (χ2v) is 7.29. The number of aromatic nitrogens is 1. The summed E-state index contributed by atoms with van der Waals surface area (Å²) in [4.78, 5) is 16.3. The molecule has 0 aliphatic rings. The number of pyridine rings is 1. The van der Waals surface area contributed by atoms with Gasteiger partial charge in [0, 0.05) is 12.5 Å². The van der Waals surface area contributed by atoms with Gasteiger partial charge in [0.05, 0.1) is 17.9 Å². The summed E-state index contributed by atoms with van der Waals surface area (Å²) >= 11 is 0. The molecule has 0 unspecified atom stereocenters. The van der Waals surface area contributed by atoms with E-state index >= 15 is 0 Å². The van der Waals surface area contributed by atoms with E-state index in [2.05, 4.69) is 15.0 Å². The Morgan fingerprint density at radius 2 is 1.67 bits per heavy atom. The quantitative estimate of drug-likeness (QED) is 0.501. The monoisotopic (exact) mass is 479 g/mol. The highest BCUT2D eigenvalue weighted by Gasteiger charge is 2.29. The van der Waals surface area contributed by atoms with Crippen LogP contribution in [0.15, 0.2) is 42.6 Å². The first kappa shape index (κ1) is 26.2. The van der Waals surface area contributed by atoms with Crippen LogP contribution in [0.4, 0.5) is 26.3 Å². The molecule has 33 heavy (non-hydrogen) atoms.